The number of carbonyl (C=O) groups excluding carboxylic acids is 1. The molecule has 0 aromatic heterocycles. The predicted octanol–water partition coefficient (Wildman–Crippen LogP) is 1.41. The second kappa shape index (κ2) is 5.35. The highest BCUT2D eigenvalue weighted by Crippen LogP contribution is 2.20. The van der Waals surface area contributed by atoms with E-state index in [1.54, 1.807) is 6.92 Å². The Hall–Kier alpha value is -2.02. The van der Waals surface area contributed by atoms with Gasteiger partial charge in [0.15, 0.2) is 5.82 Å². The summed E-state index contributed by atoms with van der Waals surface area (Å²) in [4.78, 5) is 21.0. The van der Waals surface area contributed by atoms with Gasteiger partial charge in [0.1, 0.15) is 0 Å². The first kappa shape index (κ1) is 13.0. The lowest BCUT2D eigenvalue weighted by Gasteiger charge is -2.10. The van der Waals surface area contributed by atoms with Gasteiger partial charge in [0.25, 0.3) is 5.69 Å². The minimum absolute atomic E-state index is 0.121. The Morgan fingerprint density at radius 1 is 1.65 bits per heavy atom. The van der Waals surface area contributed by atoms with Gasteiger partial charge in [-0.25, -0.2) is 4.39 Å². The number of non-ortho nitro benzene ring substituents is 1. The van der Waals surface area contributed by atoms with E-state index in [-0.39, 0.29) is 11.4 Å². The first-order valence-electron chi connectivity index (χ1n) is 4.96. The molecule has 0 saturated carbocycles. The Kier molecular flexibility index (Phi) is 4.11. The van der Waals surface area contributed by atoms with E-state index in [0.717, 1.165) is 18.2 Å². The minimum atomic E-state index is -0.865. The lowest BCUT2D eigenvalue weighted by molar-refractivity contribution is -0.385. The maximum atomic E-state index is 13.4. The molecule has 0 fully saturated rings. The number of nitro benzene ring substituents is 1. The van der Waals surface area contributed by atoms with Gasteiger partial charge in [0, 0.05) is 6.07 Å². The summed E-state index contributed by atoms with van der Waals surface area (Å²) >= 11 is 0. The zero-order valence-electron chi connectivity index (χ0n) is 9.14. The summed E-state index contributed by atoms with van der Waals surface area (Å²) in [7, 11) is 0. The molecule has 0 saturated heterocycles. The van der Waals surface area contributed by atoms with E-state index in [1.165, 1.54) is 0 Å². The van der Waals surface area contributed by atoms with Crippen LogP contribution >= 0.6 is 0 Å². The highest BCUT2D eigenvalue weighted by atomic mass is 19.1. The predicted molar refractivity (Wildman–Crippen MR) is 60.0 cm³/mol. The van der Waals surface area contributed by atoms with Crippen LogP contribution in [0.15, 0.2) is 18.2 Å². The quantitative estimate of drug-likeness (QED) is 0.615. The minimum Gasteiger partial charge on any atom is -0.322 e. The number of nitrogens with one attached hydrogen (secondary N) is 1. The summed E-state index contributed by atoms with van der Waals surface area (Å²) in [5.74, 6) is -1.39. The normalized spacial score (nSPS) is 11.9. The van der Waals surface area contributed by atoms with Crippen molar-refractivity contribution in [2.75, 3.05) is 5.32 Å². The summed E-state index contributed by atoms with van der Waals surface area (Å²) in [6, 6.07) is 2.25. The monoisotopic (exact) mass is 241 g/mol. The molecule has 6 nitrogen and oxygen atoms in total. The van der Waals surface area contributed by atoms with E-state index in [9.17, 15) is 19.3 Å². The molecule has 0 aliphatic rings. The zero-order valence-corrected chi connectivity index (χ0v) is 9.14. The zero-order chi connectivity index (χ0) is 13.0. The van der Waals surface area contributed by atoms with Crippen molar-refractivity contribution in [2.45, 2.75) is 19.4 Å². The van der Waals surface area contributed by atoms with Crippen LogP contribution in [0.4, 0.5) is 15.8 Å². The van der Waals surface area contributed by atoms with E-state index >= 15 is 0 Å². The third-order valence-corrected chi connectivity index (χ3v) is 2.20. The number of hydrogen-bond donors (Lipinski definition) is 2. The van der Waals surface area contributed by atoms with Gasteiger partial charge in [0.2, 0.25) is 5.91 Å². The highest BCUT2D eigenvalue weighted by molar-refractivity contribution is 5.94. The van der Waals surface area contributed by atoms with Gasteiger partial charge in [0.05, 0.1) is 22.7 Å². The molecule has 0 spiro atoms. The number of benzene rings is 1. The van der Waals surface area contributed by atoms with Crippen LogP contribution in [0.25, 0.3) is 0 Å². The molecule has 1 aromatic rings. The maximum absolute atomic E-state index is 13.4. The molecule has 3 N–H and O–H groups in total. The topological polar surface area (TPSA) is 98.3 Å². The summed E-state index contributed by atoms with van der Waals surface area (Å²) in [6.07, 6.45) is 0.417. The molecule has 92 valence electrons. The van der Waals surface area contributed by atoms with Gasteiger partial charge < -0.3 is 11.1 Å². The van der Waals surface area contributed by atoms with Crippen LogP contribution in [0.2, 0.25) is 0 Å². The summed E-state index contributed by atoms with van der Waals surface area (Å²) in [5, 5.41) is 12.6. The molecule has 0 heterocycles. The Morgan fingerprint density at radius 3 is 2.76 bits per heavy atom. The lowest BCUT2D eigenvalue weighted by atomic mass is 10.2. The molecule has 0 aliphatic carbocycles. The number of carbonyl (C=O) groups is 1. The van der Waals surface area contributed by atoms with Crippen molar-refractivity contribution in [3.8, 4) is 0 Å². The summed E-state index contributed by atoms with van der Waals surface area (Å²) < 4.78 is 13.4. The van der Waals surface area contributed by atoms with Crippen LogP contribution in [0.5, 0.6) is 0 Å². The van der Waals surface area contributed by atoms with Gasteiger partial charge in [-0.3, -0.25) is 14.9 Å². The Balaban J connectivity index is 2.86. The summed E-state index contributed by atoms with van der Waals surface area (Å²) in [6.45, 7) is 1.72. The molecule has 0 radical (unpaired) electrons. The number of halogens is 1. The molecule has 0 aliphatic heterocycles. The van der Waals surface area contributed by atoms with Gasteiger partial charge in [-0.2, -0.15) is 0 Å². The average Bonchev–Trinajstić information content (AvgIpc) is 2.30. The third-order valence-electron chi connectivity index (χ3n) is 2.20. The molecule has 1 amide bonds. The van der Waals surface area contributed by atoms with E-state index < -0.39 is 22.7 Å². The number of nitrogens with zero attached hydrogens (tertiary/aromatic N) is 1. The van der Waals surface area contributed by atoms with Gasteiger partial charge in [-0.1, -0.05) is 6.92 Å². The molecular formula is C10H12FN3O3. The number of rotatable bonds is 4. The van der Waals surface area contributed by atoms with E-state index in [1.807, 2.05) is 0 Å². The van der Waals surface area contributed by atoms with Crippen molar-refractivity contribution in [1.82, 2.24) is 0 Å². The maximum Gasteiger partial charge on any atom is 0.272 e. The van der Waals surface area contributed by atoms with Crippen molar-refractivity contribution >= 4 is 17.3 Å². The first-order chi connectivity index (χ1) is 7.95. The largest absolute Gasteiger partial charge is 0.322 e. The molecule has 7 heteroatoms. The van der Waals surface area contributed by atoms with Crippen LogP contribution in [-0.4, -0.2) is 16.9 Å². The fourth-order valence-corrected chi connectivity index (χ4v) is 1.13. The number of hydrogen-bond acceptors (Lipinski definition) is 4. The lowest BCUT2D eigenvalue weighted by Crippen LogP contribution is -2.35. The fourth-order valence-electron chi connectivity index (χ4n) is 1.13. The fraction of sp³-hybridized carbons (Fsp3) is 0.300. The van der Waals surface area contributed by atoms with Crippen molar-refractivity contribution in [3.05, 3.63) is 34.1 Å². The molecular weight excluding hydrogens is 229 g/mol. The molecule has 1 rings (SSSR count). The number of anilines is 1. The van der Waals surface area contributed by atoms with Crippen LogP contribution in [0, 0.1) is 15.9 Å². The second-order valence-corrected chi connectivity index (χ2v) is 3.43. The summed E-state index contributed by atoms with van der Waals surface area (Å²) in [5.41, 5.74) is 4.95. The molecule has 17 heavy (non-hydrogen) atoms. The van der Waals surface area contributed by atoms with Crippen LogP contribution in [-0.2, 0) is 4.79 Å². The Morgan fingerprint density at radius 2 is 2.29 bits per heavy atom. The highest BCUT2D eigenvalue weighted by Gasteiger charge is 2.15. The standard InChI is InChI=1S/C10H12FN3O3/c1-2-8(12)10(15)13-9-4-3-6(14(16)17)5-7(9)11/h3-5,8H,2,12H2,1H3,(H,13,15)/t8-/m1/s1. The second-order valence-electron chi connectivity index (χ2n) is 3.43. The van der Waals surface area contributed by atoms with Crippen molar-refractivity contribution in [3.63, 3.8) is 0 Å². The molecule has 0 unspecified atom stereocenters. The van der Waals surface area contributed by atoms with Crippen LogP contribution in [0.1, 0.15) is 13.3 Å². The van der Waals surface area contributed by atoms with E-state index in [2.05, 4.69) is 5.32 Å². The SMILES string of the molecule is CC[C@@H](N)C(=O)Nc1ccc([N+](=O)[O-])cc1F. The van der Waals surface area contributed by atoms with Gasteiger partial charge in [-0.05, 0) is 12.5 Å². The average molecular weight is 241 g/mol. The van der Waals surface area contributed by atoms with Crippen molar-refractivity contribution in [2.24, 2.45) is 5.73 Å². The number of nitro groups is 1. The molecule has 1 atom stereocenters. The molecule has 1 aromatic carbocycles. The van der Waals surface area contributed by atoms with E-state index in [0.29, 0.717) is 6.42 Å². The van der Waals surface area contributed by atoms with E-state index in [4.69, 9.17) is 5.73 Å². The van der Waals surface area contributed by atoms with Crippen molar-refractivity contribution < 1.29 is 14.1 Å². The van der Waals surface area contributed by atoms with Crippen molar-refractivity contribution in [1.29, 1.82) is 0 Å². The van der Waals surface area contributed by atoms with Crippen LogP contribution in [0.3, 0.4) is 0 Å². The third kappa shape index (κ3) is 3.22. The van der Waals surface area contributed by atoms with Gasteiger partial charge >= 0.3 is 0 Å². The Bertz CT molecular complexity index is 450. The number of amides is 1. The van der Waals surface area contributed by atoms with Gasteiger partial charge in [-0.15, -0.1) is 0 Å². The molecule has 0 bridgehead atoms. The smallest absolute Gasteiger partial charge is 0.272 e. The first-order valence-corrected chi connectivity index (χ1v) is 4.96. The Labute approximate surface area is 96.8 Å². The number of nitrogens with two attached hydrogens (primary N) is 1. The van der Waals surface area contributed by atoms with Crippen LogP contribution < -0.4 is 11.1 Å².